The van der Waals surface area contributed by atoms with Crippen molar-refractivity contribution in [2.24, 2.45) is 0 Å². The highest BCUT2D eigenvalue weighted by molar-refractivity contribution is 7.98. The molecular formula is C10H10N4O2S. The first-order valence-corrected chi connectivity index (χ1v) is 5.89. The van der Waals surface area contributed by atoms with Gasteiger partial charge in [-0.3, -0.25) is 4.79 Å². The molecule has 0 atom stereocenters. The lowest BCUT2D eigenvalue weighted by atomic mass is 10.2. The van der Waals surface area contributed by atoms with Gasteiger partial charge in [0, 0.05) is 5.75 Å². The minimum absolute atomic E-state index is 0.218. The summed E-state index contributed by atoms with van der Waals surface area (Å²) in [4.78, 5) is 10.6. The molecule has 17 heavy (non-hydrogen) atoms. The molecule has 0 amide bonds. The van der Waals surface area contributed by atoms with Crippen molar-refractivity contribution in [1.29, 1.82) is 0 Å². The molecule has 7 heteroatoms. The summed E-state index contributed by atoms with van der Waals surface area (Å²) < 4.78 is 1.27. The van der Waals surface area contributed by atoms with Gasteiger partial charge in [-0.2, -0.15) is 0 Å². The molecule has 2 aromatic rings. The fourth-order valence-corrected chi connectivity index (χ4v) is 2.08. The van der Waals surface area contributed by atoms with Crippen molar-refractivity contribution < 1.29 is 9.90 Å². The molecule has 0 saturated carbocycles. The molecule has 6 nitrogen and oxygen atoms in total. The molecule has 1 heterocycles. The maximum absolute atomic E-state index is 10.6. The Morgan fingerprint density at radius 2 is 2.12 bits per heavy atom. The Morgan fingerprint density at radius 3 is 2.82 bits per heavy atom. The number of nitrogens with zero attached hydrogens (tertiary/aromatic N) is 4. The number of hydrogen-bond donors (Lipinski definition) is 1. The van der Waals surface area contributed by atoms with E-state index in [0.717, 1.165) is 5.56 Å². The monoisotopic (exact) mass is 250 g/mol. The molecular weight excluding hydrogens is 240 g/mol. The van der Waals surface area contributed by atoms with E-state index in [9.17, 15) is 4.79 Å². The number of aliphatic carboxylic acids is 1. The van der Waals surface area contributed by atoms with Gasteiger partial charge < -0.3 is 5.11 Å². The predicted molar refractivity (Wildman–Crippen MR) is 61.5 cm³/mol. The van der Waals surface area contributed by atoms with Crippen LogP contribution in [-0.2, 0) is 17.1 Å². The highest BCUT2D eigenvalue weighted by Gasteiger charge is 2.09. The number of aromatic nitrogens is 4. The van der Waals surface area contributed by atoms with Crippen LogP contribution in [0, 0.1) is 0 Å². The van der Waals surface area contributed by atoms with Gasteiger partial charge in [0.15, 0.2) is 0 Å². The van der Waals surface area contributed by atoms with Gasteiger partial charge in [0.1, 0.15) is 6.54 Å². The first kappa shape index (κ1) is 11.6. The molecule has 0 unspecified atom stereocenters. The van der Waals surface area contributed by atoms with Crippen LogP contribution in [0.15, 0.2) is 35.5 Å². The molecule has 2 rings (SSSR count). The van der Waals surface area contributed by atoms with Crippen molar-refractivity contribution in [2.45, 2.75) is 17.5 Å². The lowest BCUT2D eigenvalue weighted by Crippen LogP contribution is -2.11. The minimum atomic E-state index is -0.959. The van der Waals surface area contributed by atoms with Crippen LogP contribution in [0.25, 0.3) is 0 Å². The molecule has 88 valence electrons. The maximum Gasteiger partial charge on any atom is 0.325 e. The highest BCUT2D eigenvalue weighted by atomic mass is 32.2. The summed E-state index contributed by atoms with van der Waals surface area (Å²) in [6, 6.07) is 9.85. The summed E-state index contributed by atoms with van der Waals surface area (Å²) in [5.41, 5.74) is 1.14. The third kappa shape index (κ3) is 3.28. The molecule has 0 spiro atoms. The van der Waals surface area contributed by atoms with Crippen molar-refractivity contribution in [2.75, 3.05) is 0 Å². The largest absolute Gasteiger partial charge is 0.480 e. The van der Waals surface area contributed by atoms with E-state index in [0.29, 0.717) is 10.9 Å². The number of thioether (sulfide) groups is 1. The minimum Gasteiger partial charge on any atom is -0.480 e. The summed E-state index contributed by atoms with van der Waals surface area (Å²) in [5, 5.41) is 20.1. The van der Waals surface area contributed by atoms with Gasteiger partial charge >= 0.3 is 5.97 Å². The summed E-state index contributed by atoms with van der Waals surface area (Å²) in [7, 11) is 0. The van der Waals surface area contributed by atoms with Crippen molar-refractivity contribution in [3.63, 3.8) is 0 Å². The average Bonchev–Trinajstić information content (AvgIpc) is 2.74. The Bertz CT molecular complexity index is 500. The van der Waals surface area contributed by atoms with Crippen LogP contribution in [-0.4, -0.2) is 31.3 Å². The summed E-state index contributed by atoms with van der Waals surface area (Å²) in [6.45, 7) is -0.218. The number of hydrogen-bond acceptors (Lipinski definition) is 5. The van der Waals surface area contributed by atoms with Crippen LogP contribution in [0.4, 0.5) is 0 Å². The van der Waals surface area contributed by atoms with Crippen molar-refractivity contribution in [1.82, 2.24) is 20.2 Å². The lowest BCUT2D eigenvalue weighted by molar-refractivity contribution is -0.138. The van der Waals surface area contributed by atoms with Crippen LogP contribution in [0.3, 0.4) is 0 Å². The molecule has 0 aliphatic heterocycles. The van der Waals surface area contributed by atoms with Crippen LogP contribution in [0.1, 0.15) is 5.56 Å². The number of carboxylic acids is 1. The van der Waals surface area contributed by atoms with E-state index in [1.807, 2.05) is 30.3 Å². The van der Waals surface area contributed by atoms with Crippen LogP contribution >= 0.6 is 11.8 Å². The standard InChI is InChI=1S/C10H10N4O2S/c15-9(16)6-14-10(11-12-13-14)17-7-8-4-2-1-3-5-8/h1-5H,6-7H2,(H,15,16). The van der Waals surface area contributed by atoms with E-state index < -0.39 is 5.97 Å². The molecule has 0 aliphatic rings. The van der Waals surface area contributed by atoms with Crippen LogP contribution in [0.2, 0.25) is 0 Å². The van der Waals surface area contributed by atoms with E-state index in [1.54, 1.807) is 0 Å². The summed E-state index contributed by atoms with van der Waals surface area (Å²) in [6.07, 6.45) is 0. The number of benzene rings is 1. The smallest absolute Gasteiger partial charge is 0.325 e. The Labute approximate surface area is 102 Å². The fourth-order valence-electron chi connectivity index (χ4n) is 1.25. The zero-order valence-corrected chi connectivity index (χ0v) is 9.67. The first-order chi connectivity index (χ1) is 8.25. The second-order valence-electron chi connectivity index (χ2n) is 3.29. The Hall–Kier alpha value is -1.89. The Kier molecular flexibility index (Phi) is 3.71. The van der Waals surface area contributed by atoms with Gasteiger partial charge in [-0.1, -0.05) is 42.1 Å². The second-order valence-corrected chi connectivity index (χ2v) is 4.23. The van der Waals surface area contributed by atoms with Crippen LogP contribution < -0.4 is 0 Å². The van der Waals surface area contributed by atoms with Gasteiger partial charge in [0.25, 0.3) is 0 Å². The molecule has 0 fully saturated rings. The van der Waals surface area contributed by atoms with Crippen molar-refractivity contribution in [3.8, 4) is 0 Å². The number of rotatable bonds is 5. The molecule has 0 radical (unpaired) electrons. The van der Waals surface area contributed by atoms with E-state index in [-0.39, 0.29) is 6.54 Å². The molecule has 0 bridgehead atoms. The molecule has 0 saturated heterocycles. The Morgan fingerprint density at radius 1 is 1.35 bits per heavy atom. The van der Waals surface area contributed by atoms with Crippen LogP contribution in [0.5, 0.6) is 0 Å². The van der Waals surface area contributed by atoms with E-state index in [1.165, 1.54) is 16.4 Å². The molecule has 1 aromatic carbocycles. The number of tetrazole rings is 1. The molecule has 1 aromatic heterocycles. The predicted octanol–water partition coefficient (Wildman–Crippen LogP) is 1.05. The molecule has 1 N–H and O–H groups in total. The zero-order valence-electron chi connectivity index (χ0n) is 8.85. The summed E-state index contributed by atoms with van der Waals surface area (Å²) >= 11 is 1.41. The van der Waals surface area contributed by atoms with Gasteiger partial charge in [0.05, 0.1) is 0 Å². The van der Waals surface area contributed by atoms with Crippen molar-refractivity contribution >= 4 is 17.7 Å². The maximum atomic E-state index is 10.6. The van der Waals surface area contributed by atoms with E-state index in [4.69, 9.17) is 5.11 Å². The van der Waals surface area contributed by atoms with E-state index >= 15 is 0 Å². The third-order valence-electron chi connectivity index (χ3n) is 1.99. The number of carbonyl (C=O) groups is 1. The normalized spacial score (nSPS) is 10.4. The van der Waals surface area contributed by atoms with Gasteiger partial charge in [-0.25, -0.2) is 4.68 Å². The summed E-state index contributed by atoms with van der Waals surface area (Å²) in [5.74, 6) is -0.250. The SMILES string of the molecule is O=C(O)Cn1nnnc1SCc1ccccc1. The average molecular weight is 250 g/mol. The van der Waals surface area contributed by atoms with Gasteiger partial charge in [-0.05, 0) is 16.0 Å². The number of carboxylic acid groups (broad SMARTS) is 1. The second kappa shape index (κ2) is 5.44. The van der Waals surface area contributed by atoms with Gasteiger partial charge in [-0.15, -0.1) is 5.10 Å². The van der Waals surface area contributed by atoms with Crippen molar-refractivity contribution in [3.05, 3.63) is 35.9 Å². The third-order valence-corrected chi connectivity index (χ3v) is 3.02. The Balaban J connectivity index is 2.00. The quantitative estimate of drug-likeness (QED) is 0.799. The first-order valence-electron chi connectivity index (χ1n) is 4.90. The topological polar surface area (TPSA) is 80.9 Å². The zero-order chi connectivity index (χ0) is 12.1. The molecule has 0 aliphatic carbocycles. The fraction of sp³-hybridized carbons (Fsp3) is 0.200. The lowest BCUT2D eigenvalue weighted by Gasteiger charge is -2.01. The van der Waals surface area contributed by atoms with E-state index in [2.05, 4.69) is 15.5 Å². The van der Waals surface area contributed by atoms with Gasteiger partial charge in [0.2, 0.25) is 5.16 Å². The highest BCUT2D eigenvalue weighted by Crippen LogP contribution is 2.19.